The van der Waals surface area contributed by atoms with Gasteiger partial charge in [0.05, 0.1) is 5.41 Å². The molecule has 0 amide bonds. The third kappa shape index (κ3) is 2.87. The molecule has 0 saturated carbocycles. The Kier molecular flexibility index (Phi) is 4.50. The summed E-state index contributed by atoms with van der Waals surface area (Å²) in [5.41, 5.74) is 12.3. The number of benzene rings is 6. The van der Waals surface area contributed by atoms with Gasteiger partial charge in [-0.2, -0.15) is 0 Å². The molecular weight excluding hydrogens is 458 g/mol. The Bertz CT molecular complexity index is 1920. The van der Waals surface area contributed by atoms with Crippen LogP contribution in [0.4, 0.5) is 0 Å². The number of rotatable bonds is 3. The molecule has 0 aliphatic heterocycles. The van der Waals surface area contributed by atoms with Crippen molar-refractivity contribution in [1.29, 1.82) is 0 Å². The molecule has 38 heavy (non-hydrogen) atoms. The first-order valence-electron chi connectivity index (χ1n) is 13.2. The van der Waals surface area contributed by atoms with Crippen molar-refractivity contribution < 1.29 is 0 Å². The number of hydrogen-bond acceptors (Lipinski definition) is 0. The lowest BCUT2D eigenvalue weighted by atomic mass is 9.67. The van der Waals surface area contributed by atoms with Gasteiger partial charge in [0.25, 0.3) is 0 Å². The minimum atomic E-state index is -0.380. The summed E-state index contributed by atoms with van der Waals surface area (Å²) in [7, 11) is 0. The molecule has 7 aromatic rings. The molecule has 8 rings (SSSR count). The molecule has 1 nitrogen and oxygen atoms in total. The van der Waals surface area contributed by atoms with Gasteiger partial charge in [0.1, 0.15) is 0 Å². The largest absolute Gasteiger partial charge is 0.354 e. The molecule has 6 aromatic carbocycles. The predicted molar refractivity (Wildman–Crippen MR) is 159 cm³/mol. The summed E-state index contributed by atoms with van der Waals surface area (Å²) in [6.07, 6.45) is 0. The van der Waals surface area contributed by atoms with Gasteiger partial charge in [-0.3, -0.25) is 0 Å². The van der Waals surface area contributed by atoms with E-state index in [0.29, 0.717) is 0 Å². The van der Waals surface area contributed by atoms with E-state index in [1.807, 2.05) is 0 Å². The molecule has 178 valence electrons. The highest BCUT2D eigenvalue weighted by Gasteiger charge is 2.45. The second-order valence-corrected chi connectivity index (χ2v) is 10.2. The summed E-state index contributed by atoms with van der Waals surface area (Å²) in [5.74, 6) is 0. The van der Waals surface area contributed by atoms with E-state index < -0.39 is 0 Å². The number of fused-ring (bicyclic) bond motifs is 6. The van der Waals surface area contributed by atoms with E-state index in [1.54, 1.807) is 0 Å². The second kappa shape index (κ2) is 8.06. The highest BCUT2D eigenvalue weighted by Crippen LogP contribution is 2.56. The summed E-state index contributed by atoms with van der Waals surface area (Å²) in [5, 5.41) is 2.51. The monoisotopic (exact) mass is 483 g/mol. The minimum absolute atomic E-state index is 0.380. The lowest BCUT2D eigenvalue weighted by molar-refractivity contribution is 0.770. The topological polar surface area (TPSA) is 15.8 Å². The fraction of sp³-hybridized carbons (Fsp3) is 0.0270. The Hall–Kier alpha value is -4.88. The van der Waals surface area contributed by atoms with Crippen molar-refractivity contribution in [3.8, 4) is 22.3 Å². The van der Waals surface area contributed by atoms with Gasteiger partial charge in [-0.15, -0.1) is 0 Å². The molecule has 1 N–H and O–H groups in total. The normalized spacial score (nSPS) is 13.5. The molecule has 0 bridgehead atoms. The van der Waals surface area contributed by atoms with Crippen molar-refractivity contribution in [3.05, 3.63) is 168 Å². The van der Waals surface area contributed by atoms with Gasteiger partial charge in [0.15, 0.2) is 0 Å². The zero-order valence-corrected chi connectivity index (χ0v) is 20.9. The number of H-pyrrole nitrogens is 1. The Morgan fingerprint density at radius 3 is 1.63 bits per heavy atom. The van der Waals surface area contributed by atoms with Crippen molar-refractivity contribution in [3.63, 3.8) is 0 Å². The minimum Gasteiger partial charge on any atom is -0.354 e. The SMILES string of the molecule is c1ccc(-c2ccc3c(c2)[nH]c2cc(C4(c5ccccc5)c5ccccc5-c5ccccc54)ccc23)cc1. The molecule has 0 radical (unpaired) electrons. The molecule has 0 fully saturated rings. The van der Waals surface area contributed by atoms with Crippen molar-refractivity contribution in [1.82, 2.24) is 4.98 Å². The van der Waals surface area contributed by atoms with Crippen molar-refractivity contribution >= 4 is 21.8 Å². The average molecular weight is 484 g/mol. The van der Waals surface area contributed by atoms with Crippen molar-refractivity contribution in [2.45, 2.75) is 5.41 Å². The van der Waals surface area contributed by atoms with Gasteiger partial charge >= 0.3 is 0 Å². The number of hydrogen-bond donors (Lipinski definition) is 1. The molecule has 0 unspecified atom stereocenters. The highest BCUT2D eigenvalue weighted by molar-refractivity contribution is 6.08. The van der Waals surface area contributed by atoms with Crippen LogP contribution in [0.2, 0.25) is 0 Å². The van der Waals surface area contributed by atoms with Gasteiger partial charge in [-0.25, -0.2) is 0 Å². The highest BCUT2D eigenvalue weighted by atomic mass is 14.7. The maximum absolute atomic E-state index is 3.77. The molecule has 1 heterocycles. The third-order valence-corrected chi connectivity index (χ3v) is 8.30. The maximum Gasteiger partial charge on any atom is 0.0714 e. The summed E-state index contributed by atoms with van der Waals surface area (Å²) in [6.45, 7) is 0. The average Bonchev–Trinajstić information content (AvgIpc) is 3.51. The standard InChI is InChI=1S/C37H25N/c1-3-11-25(12-4-1)26-19-21-31-32-22-20-28(24-36(32)38-35(31)23-26)37(27-13-5-2-6-14-27)33-17-9-7-15-29(33)30-16-8-10-18-34(30)37/h1-24,38H. The Labute approximate surface area is 222 Å². The van der Waals surface area contributed by atoms with Gasteiger partial charge in [-0.05, 0) is 56.6 Å². The smallest absolute Gasteiger partial charge is 0.0714 e. The summed E-state index contributed by atoms with van der Waals surface area (Å²) in [4.78, 5) is 3.77. The lowest BCUT2D eigenvalue weighted by Crippen LogP contribution is -2.28. The van der Waals surface area contributed by atoms with Crippen molar-refractivity contribution in [2.24, 2.45) is 0 Å². The molecule has 0 atom stereocenters. The molecule has 1 aliphatic rings. The van der Waals surface area contributed by atoms with Crippen molar-refractivity contribution in [2.75, 3.05) is 0 Å². The number of aromatic amines is 1. The maximum atomic E-state index is 3.77. The molecule has 0 saturated heterocycles. The Morgan fingerprint density at radius 2 is 0.947 bits per heavy atom. The van der Waals surface area contributed by atoms with Gasteiger partial charge < -0.3 is 4.98 Å². The van der Waals surface area contributed by atoms with E-state index in [9.17, 15) is 0 Å². The third-order valence-electron chi connectivity index (χ3n) is 8.30. The molecule has 1 aromatic heterocycles. The van der Waals surface area contributed by atoms with E-state index >= 15 is 0 Å². The summed E-state index contributed by atoms with van der Waals surface area (Å²) in [6, 6.07) is 53.2. The van der Waals surface area contributed by atoms with Crippen LogP contribution < -0.4 is 0 Å². The first-order valence-corrected chi connectivity index (χ1v) is 13.2. The van der Waals surface area contributed by atoms with Gasteiger partial charge in [0.2, 0.25) is 0 Å². The van der Waals surface area contributed by atoms with Gasteiger partial charge in [0, 0.05) is 21.8 Å². The van der Waals surface area contributed by atoms with E-state index in [-0.39, 0.29) is 5.41 Å². The van der Waals surface area contributed by atoms with Crippen LogP contribution in [0, 0.1) is 0 Å². The number of aromatic nitrogens is 1. The fourth-order valence-corrected chi connectivity index (χ4v) is 6.67. The van der Waals surface area contributed by atoms with Crippen LogP contribution in [0.5, 0.6) is 0 Å². The van der Waals surface area contributed by atoms with E-state index in [2.05, 4.69) is 151 Å². The Morgan fingerprint density at radius 1 is 0.395 bits per heavy atom. The molecule has 0 spiro atoms. The van der Waals surface area contributed by atoms with Crippen LogP contribution in [0.3, 0.4) is 0 Å². The van der Waals surface area contributed by atoms with Crippen LogP contribution in [0.25, 0.3) is 44.1 Å². The van der Waals surface area contributed by atoms with Crippen LogP contribution in [0.1, 0.15) is 22.3 Å². The molecule has 1 heteroatoms. The predicted octanol–water partition coefficient (Wildman–Crippen LogP) is 9.35. The zero-order valence-electron chi connectivity index (χ0n) is 20.9. The van der Waals surface area contributed by atoms with Crippen LogP contribution >= 0.6 is 0 Å². The van der Waals surface area contributed by atoms with Crippen LogP contribution in [-0.4, -0.2) is 4.98 Å². The number of nitrogens with one attached hydrogen (secondary N) is 1. The summed E-state index contributed by atoms with van der Waals surface area (Å²) < 4.78 is 0. The Balaban J connectivity index is 1.41. The quantitative estimate of drug-likeness (QED) is 0.258. The van der Waals surface area contributed by atoms with E-state index in [0.717, 1.165) is 0 Å². The van der Waals surface area contributed by atoms with Crippen LogP contribution in [-0.2, 0) is 5.41 Å². The van der Waals surface area contributed by atoms with Crippen LogP contribution in [0.15, 0.2) is 146 Å². The van der Waals surface area contributed by atoms with E-state index in [1.165, 1.54) is 66.3 Å². The zero-order chi connectivity index (χ0) is 25.1. The summed E-state index contributed by atoms with van der Waals surface area (Å²) >= 11 is 0. The van der Waals surface area contributed by atoms with E-state index in [4.69, 9.17) is 0 Å². The second-order valence-electron chi connectivity index (χ2n) is 10.2. The van der Waals surface area contributed by atoms with Gasteiger partial charge in [-0.1, -0.05) is 133 Å². The lowest BCUT2D eigenvalue weighted by Gasteiger charge is -2.33. The first kappa shape index (κ1) is 21.2. The fourth-order valence-electron chi connectivity index (χ4n) is 6.67. The first-order chi connectivity index (χ1) is 18.8. The molecular formula is C37H25N. The molecule has 1 aliphatic carbocycles.